The van der Waals surface area contributed by atoms with Gasteiger partial charge in [-0.2, -0.15) is 0 Å². The maximum Gasteiger partial charge on any atom is 0.317 e. The van der Waals surface area contributed by atoms with Crippen molar-refractivity contribution in [1.29, 1.82) is 0 Å². The van der Waals surface area contributed by atoms with Gasteiger partial charge >= 0.3 is 6.03 Å². The van der Waals surface area contributed by atoms with Crippen molar-refractivity contribution in [3.8, 4) is 0 Å². The third-order valence-corrected chi connectivity index (χ3v) is 3.73. The van der Waals surface area contributed by atoms with Gasteiger partial charge in [0.05, 0.1) is 5.52 Å². The minimum Gasteiger partial charge on any atom is -0.338 e. The van der Waals surface area contributed by atoms with Crippen LogP contribution in [0, 0.1) is 5.92 Å². The molecule has 1 heterocycles. The Bertz CT molecular complexity index is 617. The van der Waals surface area contributed by atoms with Gasteiger partial charge in [-0.3, -0.25) is 4.98 Å². The number of pyridine rings is 1. The highest BCUT2D eigenvalue weighted by Gasteiger charge is 2.22. The van der Waals surface area contributed by atoms with Crippen molar-refractivity contribution in [2.45, 2.75) is 19.4 Å². The lowest BCUT2D eigenvalue weighted by Gasteiger charge is -2.19. The zero-order valence-corrected chi connectivity index (χ0v) is 11.7. The van der Waals surface area contributed by atoms with Gasteiger partial charge in [-0.15, -0.1) is 0 Å². The van der Waals surface area contributed by atoms with E-state index in [-0.39, 0.29) is 6.03 Å². The first-order valence-electron chi connectivity index (χ1n) is 7.05. The Labute approximate surface area is 118 Å². The summed E-state index contributed by atoms with van der Waals surface area (Å²) in [6.45, 7) is 1.40. The molecule has 0 saturated heterocycles. The van der Waals surface area contributed by atoms with Crippen molar-refractivity contribution in [3.05, 3.63) is 42.1 Å². The van der Waals surface area contributed by atoms with E-state index < -0.39 is 0 Å². The summed E-state index contributed by atoms with van der Waals surface area (Å²) in [6.07, 6.45) is 4.29. The monoisotopic (exact) mass is 269 g/mol. The number of fused-ring (bicyclic) bond motifs is 1. The van der Waals surface area contributed by atoms with Crippen molar-refractivity contribution in [3.63, 3.8) is 0 Å². The van der Waals surface area contributed by atoms with Crippen LogP contribution >= 0.6 is 0 Å². The molecule has 1 aliphatic rings. The van der Waals surface area contributed by atoms with Crippen LogP contribution in [0.2, 0.25) is 0 Å². The first-order chi connectivity index (χ1) is 9.74. The number of hydrogen-bond donors (Lipinski definition) is 1. The molecule has 1 fully saturated rings. The van der Waals surface area contributed by atoms with E-state index in [0.717, 1.165) is 23.0 Å². The molecule has 2 aromatic rings. The summed E-state index contributed by atoms with van der Waals surface area (Å²) in [7, 11) is 1.83. The molecule has 0 atom stereocenters. The van der Waals surface area contributed by atoms with Crippen LogP contribution in [0.25, 0.3) is 10.9 Å². The number of urea groups is 1. The molecule has 0 bridgehead atoms. The lowest BCUT2D eigenvalue weighted by molar-refractivity contribution is 0.206. The summed E-state index contributed by atoms with van der Waals surface area (Å²) in [5, 5.41) is 4.09. The van der Waals surface area contributed by atoms with Crippen LogP contribution in [0.1, 0.15) is 18.4 Å². The number of carbonyl (C=O) groups is 1. The van der Waals surface area contributed by atoms with Crippen molar-refractivity contribution in [1.82, 2.24) is 15.2 Å². The molecule has 1 saturated carbocycles. The van der Waals surface area contributed by atoms with E-state index in [4.69, 9.17) is 0 Å². The fourth-order valence-corrected chi connectivity index (χ4v) is 2.32. The average Bonchev–Trinajstić information content (AvgIpc) is 3.29. The largest absolute Gasteiger partial charge is 0.338 e. The maximum atomic E-state index is 12.0. The number of nitrogens with zero attached hydrogens (tertiary/aromatic N) is 2. The second-order valence-corrected chi connectivity index (χ2v) is 5.47. The number of amides is 2. The molecule has 0 radical (unpaired) electrons. The van der Waals surface area contributed by atoms with Gasteiger partial charge in [0.15, 0.2) is 0 Å². The van der Waals surface area contributed by atoms with Gasteiger partial charge in [0, 0.05) is 31.7 Å². The van der Waals surface area contributed by atoms with Crippen LogP contribution in [0.15, 0.2) is 36.5 Å². The van der Waals surface area contributed by atoms with Crippen molar-refractivity contribution < 1.29 is 4.79 Å². The molecule has 1 aromatic heterocycles. The van der Waals surface area contributed by atoms with Gasteiger partial charge in [-0.1, -0.05) is 18.2 Å². The van der Waals surface area contributed by atoms with Crippen LogP contribution in [-0.4, -0.2) is 29.5 Å². The number of rotatable bonds is 4. The zero-order chi connectivity index (χ0) is 13.9. The van der Waals surface area contributed by atoms with Crippen molar-refractivity contribution >= 4 is 16.9 Å². The molecule has 104 valence electrons. The van der Waals surface area contributed by atoms with Gasteiger partial charge in [-0.05, 0) is 36.5 Å². The van der Waals surface area contributed by atoms with Crippen LogP contribution in [0.5, 0.6) is 0 Å². The Morgan fingerprint density at radius 2 is 2.20 bits per heavy atom. The molecule has 1 aliphatic carbocycles. The standard InChI is InChI=1S/C16H19N3O/c1-19(16(20)18-10-12-7-8-12)11-13-4-2-6-15-14(13)5-3-9-17-15/h2-6,9,12H,7-8,10-11H2,1H3,(H,18,20). The van der Waals surface area contributed by atoms with Gasteiger partial charge < -0.3 is 10.2 Å². The number of aromatic nitrogens is 1. The fourth-order valence-electron chi connectivity index (χ4n) is 2.32. The lowest BCUT2D eigenvalue weighted by Crippen LogP contribution is -2.37. The Morgan fingerprint density at radius 1 is 1.35 bits per heavy atom. The first kappa shape index (κ1) is 12.9. The number of carbonyl (C=O) groups excluding carboxylic acids is 1. The number of benzene rings is 1. The lowest BCUT2D eigenvalue weighted by atomic mass is 10.1. The van der Waals surface area contributed by atoms with Gasteiger partial charge in [0.25, 0.3) is 0 Å². The number of nitrogens with one attached hydrogen (secondary N) is 1. The van der Waals surface area contributed by atoms with Gasteiger partial charge in [-0.25, -0.2) is 4.79 Å². The molecule has 1 aromatic carbocycles. The normalized spacial score (nSPS) is 14.2. The molecule has 0 spiro atoms. The molecular formula is C16H19N3O. The predicted octanol–water partition coefficient (Wildman–Crippen LogP) is 2.79. The molecule has 0 aliphatic heterocycles. The van der Waals surface area contributed by atoms with E-state index in [9.17, 15) is 4.79 Å². The van der Waals surface area contributed by atoms with E-state index in [0.29, 0.717) is 12.5 Å². The van der Waals surface area contributed by atoms with Crippen LogP contribution < -0.4 is 5.32 Å². The second-order valence-electron chi connectivity index (χ2n) is 5.47. The molecule has 0 unspecified atom stereocenters. The first-order valence-corrected chi connectivity index (χ1v) is 7.05. The van der Waals surface area contributed by atoms with E-state index in [1.807, 2.05) is 31.3 Å². The van der Waals surface area contributed by atoms with Crippen molar-refractivity contribution in [2.75, 3.05) is 13.6 Å². The summed E-state index contributed by atoms with van der Waals surface area (Å²) >= 11 is 0. The highest BCUT2D eigenvalue weighted by atomic mass is 16.2. The van der Waals surface area contributed by atoms with E-state index in [1.54, 1.807) is 11.1 Å². The third kappa shape index (κ3) is 2.90. The molecular weight excluding hydrogens is 250 g/mol. The van der Waals surface area contributed by atoms with Gasteiger partial charge in [0.1, 0.15) is 0 Å². The Balaban J connectivity index is 1.69. The van der Waals surface area contributed by atoms with Crippen LogP contribution in [0.3, 0.4) is 0 Å². The molecule has 2 amide bonds. The molecule has 4 nitrogen and oxygen atoms in total. The Kier molecular flexibility index (Phi) is 3.54. The Morgan fingerprint density at radius 3 is 3.00 bits per heavy atom. The SMILES string of the molecule is CN(Cc1cccc2ncccc12)C(=O)NCC1CC1. The molecule has 1 N–H and O–H groups in total. The maximum absolute atomic E-state index is 12.0. The summed E-state index contributed by atoms with van der Waals surface area (Å²) < 4.78 is 0. The molecule has 3 rings (SSSR count). The third-order valence-electron chi connectivity index (χ3n) is 3.73. The van der Waals surface area contributed by atoms with Crippen molar-refractivity contribution in [2.24, 2.45) is 5.92 Å². The summed E-state index contributed by atoms with van der Waals surface area (Å²) in [6, 6.07) is 10.0. The van der Waals surface area contributed by atoms with Gasteiger partial charge in [0.2, 0.25) is 0 Å². The second kappa shape index (κ2) is 5.49. The highest BCUT2D eigenvalue weighted by Crippen LogP contribution is 2.27. The molecule has 20 heavy (non-hydrogen) atoms. The summed E-state index contributed by atoms with van der Waals surface area (Å²) in [5.74, 6) is 0.703. The minimum atomic E-state index is -0.00204. The topological polar surface area (TPSA) is 45.2 Å². The zero-order valence-electron chi connectivity index (χ0n) is 11.7. The van der Waals surface area contributed by atoms with E-state index >= 15 is 0 Å². The number of hydrogen-bond acceptors (Lipinski definition) is 2. The smallest absolute Gasteiger partial charge is 0.317 e. The average molecular weight is 269 g/mol. The summed E-state index contributed by atoms with van der Waals surface area (Å²) in [4.78, 5) is 18.1. The quantitative estimate of drug-likeness (QED) is 0.927. The van der Waals surface area contributed by atoms with Crippen LogP contribution in [-0.2, 0) is 6.54 Å². The summed E-state index contributed by atoms with van der Waals surface area (Å²) in [5.41, 5.74) is 2.09. The predicted molar refractivity (Wildman–Crippen MR) is 79.3 cm³/mol. The highest BCUT2D eigenvalue weighted by molar-refractivity contribution is 5.82. The van der Waals surface area contributed by atoms with E-state index in [2.05, 4.69) is 16.4 Å². The van der Waals surface area contributed by atoms with E-state index in [1.165, 1.54) is 12.8 Å². The fraction of sp³-hybridized carbons (Fsp3) is 0.375. The van der Waals surface area contributed by atoms with Crippen LogP contribution in [0.4, 0.5) is 4.79 Å². The molecule has 4 heteroatoms. The minimum absolute atomic E-state index is 0.00204. The Hall–Kier alpha value is -2.10.